The number of aryl methyl sites for hydroxylation is 2. The van der Waals surface area contributed by atoms with Gasteiger partial charge in [0.25, 0.3) is 5.56 Å². The third kappa shape index (κ3) is 8.10. The molecule has 8 heteroatoms. The Bertz CT molecular complexity index is 1340. The summed E-state index contributed by atoms with van der Waals surface area (Å²) in [5.74, 6) is -1.30. The minimum absolute atomic E-state index is 0.130. The van der Waals surface area contributed by atoms with Crippen LogP contribution in [-0.4, -0.2) is 52.1 Å². The van der Waals surface area contributed by atoms with Gasteiger partial charge in [-0.05, 0) is 80.6 Å². The molecule has 0 saturated heterocycles. The molecule has 3 rings (SSSR count). The van der Waals surface area contributed by atoms with E-state index in [1.165, 1.54) is 10.6 Å². The van der Waals surface area contributed by atoms with Crippen LogP contribution in [0, 0.1) is 19.8 Å². The quantitative estimate of drug-likeness (QED) is 0.355. The van der Waals surface area contributed by atoms with Gasteiger partial charge in [0.2, 0.25) is 5.91 Å². The molecule has 0 spiro atoms. The Balaban J connectivity index is 1.97. The van der Waals surface area contributed by atoms with Crippen molar-refractivity contribution < 1.29 is 14.7 Å². The zero-order chi connectivity index (χ0) is 28.7. The van der Waals surface area contributed by atoms with E-state index in [1.807, 2.05) is 66.1 Å². The molecule has 0 bridgehead atoms. The van der Waals surface area contributed by atoms with Crippen molar-refractivity contribution in [3.05, 3.63) is 87.6 Å². The SMILES string of the molecule is Cc1cccc(C)c1-c1cncc(C(CC(=O)O)NC(=O)C(CC(C)C)n2cc(CCN(C)C)ccc2=O)c1. The van der Waals surface area contributed by atoms with Crippen molar-refractivity contribution in [2.75, 3.05) is 20.6 Å². The summed E-state index contributed by atoms with van der Waals surface area (Å²) in [7, 11) is 3.97. The van der Waals surface area contributed by atoms with E-state index in [9.17, 15) is 19.5 Å². The van der Waals surface area contributed by atoms with Crippen LogP contribution in [0.4, 0.5) is 0 Å². The smallest absolute Gasteiger partial charge is 0.305 e. The van der Waals surface area contributed by atoms with Gasteiger partial charge in [0, 0.05) is 36.8 Å². The van der Waals surface area contributed by atoms with Crippen molar-refractivity contribution in [2.45, 2.75) is 59.0 Å². The number of amides is 1. The highest BCUT2D eigenvalue weighted by atomic mass is 16.4. The third-order valence-electron chi connectivity index (χ3n) is 6.81. The average molecular weight is 533 g/mol. The summed E-state index contributed by atoms with van der Waals surface area (Å²) in [5.41, 5.74) is 5.34. The van der Waals surface area contributed by atoms with Gasteiger partial charge in [-0.3, -0.25) is 19.4 Å². The predicted molar refractivity (Wildman–Crippen MR) is 154 cm³/mol. The number of likely N-dealkylation sites (N-methyl/N-ethyl adjacent to an activating group) is 1. The number of carbonyl (C=O) groups is 2. The van der Waals surface area contributed by atoms with Crippen molar-refractivity contribution in [3.63, 3.8) is 0 Å². The molecule has 1 aromatic carbocycles. The summed E-state index contributed by atoms with van der Waals surface area (Å²) in [6.07, 6.45) is 5.96. The van der Waals surface area contributed by atoms with E-state index < -0.39 is 18.1 Å². The van der Waals surface area contributed by atoms with E-state index in [2.05, 4.69) is 15.2 Å². The summed E-state index contributed by atoms with van der Waals surface area (Å²) < 4.78 is 1.49. The Morgan fingerprint density at radius 1 is 1.08 bits per heavy atom. The number of nitrogens with one attached hydrogen (secondary N) is 1. The molecule has 39 heavy (non-hydrogen) atoms. The predicted octanol–water partition coefficient (Wildman–Crippen LogP) is 4.55. The maximum Gasteiger partial charge on any atom is 0.305 e. The first kappa shape index (κ1) is 29.8. The first-order valence-corrected chi connectivity index (χ1v) is 13.4. The number of aromatic nitrogens is 2. The summed E-state index contributed by atoms with van der Waals surface area (Å²) in [6, 6.07) is 9.63. The Morgan fingerprint density at radius 2 is 1.77 bits per heavy atom. The van der Waals surface area contributed by atoms with Crippen molar-refractivity contribution >= 4 is 11.9 Å². The van der Waals surface area contributed by atoms with Crippen molar-refractivity contribution in [2.24, 2.45) is 5.92 Å². The van der Waals surface area contributed by atoms with Crippen LogP contribution in [0.1, 0.15) is 61.0 Å². The molecule has 2 unspecified atom stereocenters. The van der Waals surface area contributed by atoms with Crippen LogP contribution >= 0.6 is 0 Å². The van der Waals surface area contributed by atoms with Crippen molar-refractivity contribution in [1.29, 1.82) is 0 Å². The lowest BCUT2D eigenvalue weighted by Gasteiger charge is -2.25. The zero-order valence-corrected chi connectivity index (χ0v) is 23.8. The van der Waals surface area contributed by atoms with Crippen LogP contribution in [0.2, 0.25) is 0 Å². The van der Waals surface area contributed by atoms with Crippen LogP contribution in [0.15, 0.2) is 59.8 Å². The number of hydrogen-bond donors (Lipinski definition) is 2. The van der Waals surface area contributed by atoms with Crippen LogP contribution in [0.5, 0.6) is 0 Å². The fourth-order valence-corrected chi connectivity index (χ4v) is 4.84. The first-order valence-electron chi connectivity index (χ1n) is 13.4. The third-order valence-corrected chi connectivity index (χ3v) is 6.81. The van der Waals surface area contributed by atoms with Crippen LogP contribution in [0.3, 0.4) is 0 Å². The number of benzene rings is 1. The van der Waals surface area contributed by atoms with Crippen molar-refractivity contribution in [1.82, 2.24) is 19.8 Å². The van der Waals surface area contributed by atoms with E-state index in [0.717, 1.165) is 40.8 Å². The molecule has 3 aromatic rings. The van der Waals surface area contributed by atoms with Gasteiger partial charge in [0.05, 0.1) is 12.5 Å². The largest absolute Gasteiger partial charge is 0.481 e. The molecule has 8 nitrogen and oxygen atoms in total. The molecular weight excluding hydrogens is 492 g/mol. The van der Waals surface area contributed by atoms with Gasteiger partial charge < -0.3 is 19.9 Å². The number of carboxylic acids is 1. The Hall–Kier alpha value is -3.78. The lowest BCUT2D eigenvalue weighted by atomic mass is 9.94. The second-order valence-electron chi connectivity index (χ2n) is 10.9. The van der Waals surface area contributed by atoms with Gasteiger partial charge in [-0.15, -0.1) is 0 Å². The number of rotatable bonds is 12. The Labute approximate surface area is 230 Å². The zero-order valence-electron chi connectivity index (χ0n) is 23.8. The van der Waals surface area contributed by atoms with E-state index in [4.69, 9.17) is 0 Å². The summed E-state index contributed by atoms with van der Waals surface area (Å²) >= 11 is 0. The maximum absolute atomic E-state index is 13.7. The summed E-state index contributed by atoms with van der Waals surface area (Å²) in [5, 5.41) is 12.6. The highest BCUT2D eigenvalue weighted by Crippen LogP contribution is 2.29. The van der Waals surface area contributed by atoms with Crippen LogP contribution < -0.4 is 10.9 Å². The second-order valence-corrected chi connectivity index (χ2v) is 10.9. The molecule has 0 radical (unpaired) electrons. The normalized spacial score (nSPS) is 12.9. The minimum atomic E-state index is -1.04. The highest BCUT2D eigenvalue weighted by Gasteiger charge is 2.27. The number of nitrogens with zero attached hydrogens (tertiary/aromatic N) is 3. The molecule has 0 saturated carbocycles. The monoisotopic (exact) mass is 532 g/mol. The fourth-order valence-electron chi connectivity index (χ4n) is 4.84. The molecule has 0 aliphatic rings. The molecule has 2 aromatic heterocycles. The second kappa shape index (κ2) is 13.3. The maximum atomic E-state index is 13.7. The van der Waals surface area contributed by atoms with Crippen LogP contribution in [0.25, 0.3) is 11.1 Å². The average Bonchev–Trinajstić information content (AvgIpc) is 2.86. The van der Waals surface area contributed by atoms with Gasteiger partial charge in [-0.1, -0.05) is 38.1 Å². The molecule has 2 heterocycles. The number of hydrogen-bond acceptors (Lipinski definition) is 5. The molecule has 2 atom stereocenters. The summed E-state index contributed by atoms with van der Waals surface area (Å²) in [6.45, 7) is 8.84. The molecule has 1 amide bonds. The standard InChI is InChI=1S/C31H40N4O4/c1-20(2)14-27(35-19-23(10-11-28(35)36)12-13-34(5)6)31(39)33-26(16-29(37)38)24-15-25(18-32-17-24)30-21(3)8-7-9-22(30)4/h7-11,15,17-20,26-27H,12-14,16H2,1-6H3,(H,33,39)(H,37,38). The van der Waals surface area contributed by atoms with E-state index in [1.54, 1.807) is 24.7 Å². The minimum Gasteiger partial charge on any atom is -0.481 e. The van der Waals surface area contributed by atoms with Gasteiger partial charge >= 0.3 is 5.97 Å². The van der Waals surface area contributed by atoms with E-state index in [0.29, 0.717) is 12.0 Å². The van der Waals surface area contributed by atoms with Gasteiger partial charge in [-0.2, -0.15) is 0 Å². The Morgan fingerprint density at radius 3 is 2.38 bits per heavy atom. The lowest BCUT2D eigenvalue weighted by molar-refractivity contribution is -0.138. The van der Waals surface area contributed by atoms with Gasteiger partial charge in [-0.25, -0.2) is 0 Å². The van der Waals surface area contributed by atoms with Crippen LogP contribution in [-0.2, 0) is 16.0 Å². The molecule has 208 valence electrons. The van der Waals surface area contributed by atoms with E-state index >= 15 is 0 Å². The topological polar surface area (TPSA) is 105 Å². The molecule has 0 aliphatic carbocycles. The highest BCUT2D eigenvalue weighted by molar-refractivity contribution is 5.82. The summed E-state index contributed by atoms with van der Waals surface area (Å²) in [4.78, 5) is 44.9. The number of pyridine rings is 2. The molecule has 0 aliphatic heterocycles. The fraction of sp³-hybridized carbons (Fsp3) is 0.419. The molecule has 0 fully saturated rings. The van der Waals surface area contributed by atoms with Gasteiger partial charge in [0.1, 0.15) is 6.04 Å². The molecular formula is C31H40N4O4. The first-order chi connectivity index (χ1) is 18.5. The van der Waals surface area contributed by atoms with Gasteiger partial charge in [0.15, 0.2) is 0 Å². The Kier molecular flexibility index (Phi) is 10.2. The number of aliphatic carboxylic acids is 1. The van der Waals surface area contributed by atoms with E-state index in [-0.39, 0.29) is 23.8 Å². The van der Waals surface area contributed by atoms with Crippen molar-refractivity contribution in [3.8, 4) is 11.1 Å². The number of carboxylic acid groups (broad SMARTS) is 1. The number of carbonyl (C=O) groups excluding carboxylic acids is 1. The lowest BCUT2D eigenvalue weighted by Crippen LogP contribution is -2.40. The molecule has 2 N–H and O–H groups in total.